The molecule has 0 aliphatic carbocycles. The van der Waals surface area contributed by atoms with E-state index in [1.54, 1.807) is 0 Å². The lowest BCUT2D eigenvalue weighted by atomic mass is 10.0. The normalized spacial score (nSPS) is 18.6. The van der Waals surface area contributed by atoms with E-state index in [9.17, 15) is 4.79 Å². The Hall–Kier alpha value is -2.40. The first-order valence-electron chi connectivity index (χ1n) is 8.83. The Labute approximate surface area is 148 Å². The number of aromatic nitrogens is 2. The van der Waals surface area contributed by atoms with Gasteiger partial charge in [0.25, 0.3) is 0 Å². The van der Waals surface area contributed by atoms with Gasteiger partial charge < -0.3 is 9.67 Å². The predicted octanol–water partition coefficient (Wildman–Crippen LogP) is 3.18. The van der Waals surface area contributed by atoms with Crippen LogP contribution in [0.25, 0.3) is 5.57 Å². The van der Waals surface area contributed by atoms with E-state index in [1.807, 2.05) is 42.3 Å². The summed E-state index contributed by atoms with van der Waals surface area (Å²) in [5, 5.41) is 9.06. The number of carboxylic acids is 1. The van der Waals surface area contributed by atoms with Crippen LogP contribution in [0.3, 0.4) is 0 Å². The SMILES string of the molecule is Cn1cnc(C(=CCCN2CCC[C@H]2CC(=O)O)c2ccccc2)c1. The Bertz CT molecular complexity index is 736. The first-order valence-corrected chi connectivity index (χ1v) is 8.83. The number of benzene rings is 1. The highest BCUT2D eigenvalue weighted by Crippen LogP contribution is 2.24. The molecule has 1 aliphatic heterocycles. The predicted molar refractivity (Wildman–Crippen MR) is 98.2 cm³/mol. The van der Waals surface area contributed by atoms with E-state index in [0.717, 1.165) is 49.2 Å². The number of carbonyl (C=O) groups is 1. The molecule has 1 atom stereocenters. The molecule has 2 heterocycles. The van der Waals surface area contributed by atoms with Crippen molar-refractivity contribution in [3.63, 3.8) is 0 Å². The molecule has 0 amide bonds. The molecule has 3 rings (SSSR count). The molecule has 0 bridgehead atoms. The van der Waals surface area contributed by atoms with Crippen LogP contribution >= 0.6 is 0 Å². The average Bonchev–Trinajstić information content (AvgIpc) is 3.21. The van der Waals surface area contributed by atoms with Crippen LogP contribution in [0.15, 0.2) is 48.9 Å². The summed E-state index contributed by atoms with van der Waals surface area (Å²) >= 11 is 0. The number of carboxylic acid groups (broad SMARTS) is 1. The molecule has 2 aromatic rings. The summed E-state index contributed by atoms with van der Waals surface area (Å²) in [6.45, 7) is 1.89. The van der Waals surface area contributed by atoms with Gasteiger partial charge in [-0.15, -0.1) is 0 Å². The van der Waals surface area contributed by atoms with Crippen molar-refractivity contribution in [2.45, 2.75) is 31.7 Å². The largest absolute Gasteiger partial charge is 0.481 e. The molecule has 0 saturated carbocycles. The number of likely N-dealkylation sites (tertiary alicyclic amines) is 1. The van der Waals surface area contributed by atoms with Crippen molar-refractivity contribution in [2.75, 3.05) is 13.1 Å². The van der Waals surface area contributed by atoms with Gasteiger partial charge in [0.2, 0.25) is 0 Å². The topological polar surface area (TPSA) is 58.4 Å². The number of aliphatic carboxylic acids is 1. The Morgan fingerprint density at radius 1 is 1.36 bits per heavy atom. The number of rotatable bonds is 7. The van der Waals surface area contributed by atoms with Crippen molar-refractivity contribution in [3.05, 3.63) is 60.2 Å². The first kappa shape index (κ1) is 17.4. The number of hydrogen-bond donors (Lipinski definition) is 1. The maximum atomic E-state index is 11.0. The van der Waals surface area contributed by atoms with Crippen LogP contribution < -0.4 is 0 Å². The third kappa shape index (κ3) is 4.57. The smallest absolute Gasteiger partial charge is 0.304 e. The molecule has 5 nitrogen and oxygen atoms in total. The minimum absolute atomic E-state index is 0.181. The second kappa shape index (κ2) is 8.12. The molecule has 0 unspecified atom stereocenters. The summed E-state index contributed by atoms with van der Waals surface area (Å²) in [5.41, 5.74) is 3.26. The Kier molecular flexibility index (Phi) is 5.66. The van der Waals surface area contributed by atoms with E-state index in [4.69, 9.17) is 5.11 Å². The zero-order valence-electron chi connectivity index (χ0n) is 14.6. The number of imidazole rings is 1. The summed E-state index contributed by atoms with van der Waals surface area (Å²) in [7, 11) is 1.97. The molecule has 1 N–H and O–H groups in total. The van der Waals surface area contributed by atoms with Gasteiger partial charge in [-0.25, -0.2) is 4.98 Å². The molecule has 0 spiro atoms. The Morgan fingerprint density at radius 3 is 2.84 bits per heavy atom. The van der Waals surface area contributed by atoms with Crippen LogP contribution in [0, 0.1) is 0 Å². The third-order valence-corrected chi connectivity index (χ3v) is 4.74. The standard InChI is InChI=1S/C20H25N3O2/c1-22-14-19(21-15-22)18(16-7-3-2-4-8-16)10-6-12-23-11-5-9-17(23)13-20(24)25/h2-4,7-8,10,14-15,17H,5-6,9,11-13H2,1H3,(H,24,25)/t17-/m0/s1. The fraction of sp³-hybridized carbons (Fsp3) is 0.400. The van der Waals surface area contributed by atoms with Crippen molar-refractivity contribution in [2.24, 2.45) is 7.05 Å². The van der Waals surface area contributed by atoms with E-state index in [0.29, 0.717) is 0 Å². The molecule has 1 saturated heterocycles. The van der Waals surface area contributed by atoms with Gasteiger partial charge in [-0.3, -0.25) is 9.69 Å². The monoisotopic (exact) mass is 339 g/mol. The van der Waals surface area contributed by atoms with Crippen molar-refractivity contribution in [1.82, 2.24) is 14.5 Å². The van der Waals surface area contributed by atoms with Crippen molar-refractivity contribution >= 4 is 11.5 Å². The molecule has 1 aromatic carbocycles. The average molecular weight is 339 g/mol. The fourth-order valence-electron chi connectivity index (χ4n) is 3.54. The lowest BCUT2D eigenvalue weighted by molar-refractivity contribution is -0.138. The summed E-state index contributed by atoms with van der Waals surface area (Å²) in [5.74, 6) is -0.703. The molecular weight excluding hydrogens is 314 g/mol. The Balaban J connectivity index is 1.72. The molecule has 1 aromatic heterocycles. The number of aryl methyl sites for hydroxylation is 1. The van der Waals surface area contributed by atoms with Gasteiger partial charge in [0.05, 0.1) is 18.4 Å². The molecular formula is C20H25N3O2. The van der Waals surface area contributed by atoms with Crippen LogP contribution in [0.2, 0.25) is 0 Å². The maximum absolute atomic E-state index is 11.0. The zero-order valence-corrected chi connectivity index (χ0v) is 14.6. The molecule has 0 radical (unpaired) electrons. The fourth-order valence-corrected chi connectivity index (χ4v) is 3.54. The molecule has 1 aliphatic rings. The number of hydrogen-bond acceptors (Lipinski definition) is 3. The van der Waals surface area contributed by atoms with Crippen LogP contribution in [0.4, 0.5) is 0 Å². The van der Waals surface area contributed by atoms with E-state index >= 15 is 0 Å². The van der Waals surface area contributed by atoms with Crippen molar-refractivity contribution in [3.8, 4) is 0 Å². The highest BCUT2D eigenvalue weighted by molar-refractivity contribution is 5.77. The molecule has 25 heavy (non-hydrogen) atoms. The van der Waals surface area contributed by atoms with Gasteiger partial charge in [0.15, 0.2) is 0 Å². The van der Waals surface area contributed by atoms with E-state index in [1.165, 1.54) is 0 Å². The first-order chi connectivity index (χ1) is 12.1. The highest BCUT2D eigenvalue weighted by Gasteiger charge is 2.25. The van der Waals surface area contributed by atoms with Gasteiger partial charge >= 0.3 is 5.97 Å². The van der Waals surface area contributed by atoms with Crippen molar-refractivity contribution in [1.29, 1.82) is 0 Å². The van der Waals surface area contributed by atoms with Gasteiger partial charge in [-0.2, -0.15) is 0 Å². The van der Waals surface area contributed by atoms with Crippen molar-refractivity contribution < 1.29 is 9.90 Å². The van der Waals surface area contributed by atoms with E-state index in [-0.39, 0.29) is 12.5 Å². The molecule has 1 fully saturated rings. The lowest BCUT2D eigenvalue weighted by Crippen LogP contribution is -2.32. The molecule has 132 valence electrons. The summed E-state index contributed by atoms with van der Waals surface area (Å²) < 4.78 is 1.95. The van der Waals surface area contributed by atoms with Gasteiger partial charge in [-0.05, 0) is 31.4 Å². The third-order valence-electron chi connectivity index (χ3n) is 4.74. The molecule has 5 heteroatoms. The maximum Gasteiger partial charge on any atom is 0.304 e. The second-order valence-electron chi connectivity index (χ2n) is 6.63. The van der Waals surface area contributed by atoms with Gasteiger partial charge in [0, 0.05) is 31.4 Å². The Morgan fingerprint density at radius 2 is 2.16 bits per heavy atom. The lowest BCUT2D eigenvalue weighted by Gasteiger charge is -2.22. The second-order valence-corrected chi connectivity index (χ2v) is 6.63. The minimum Gasteiger partial charge on any atom is -0.481 e. The van der Waals surface area contributed by atoms with Crippen LogP contribution in [-0.2, 0) is 11.8 Å². The van der Waals surface area contributed by atoms with Crippen LogP contribution in [-0.4, -0.2) is 44.7 Å². The summed E-state index contributed by atoms with van der Waals surface area (Å²) in [4.78, 5) is 17.8. The van der Waals surface area contributed by atoms with E-state index < -0.39 is 5.97 Å². The van der Waals surface area contributed by atoms with Gasteiger partial charge in [0.1, 0.15) is 0 Å². The van der Waals surface area contributed by atoms with Gasteiger partial charge in [-0.1, -0.05) is 36.4 Å². The van der Waals surface area contributed by atoms with Crippen LogP contribution in [0.5, 0.6) is 0 Å². The number of nitrogens with zero attached hydrogens (tertiary/aromatic N) is 3. The quantitative estimate of drug-likeness (QED) is 0.842. The highest BCUT2D eigenvalue weighted by atomic mass is 16.4. The van der Waals surface area contributed by atoms with E-state index in [2.05, 4.69) is 28.1 Å². The van der Waals surface area contributed by atoms with Crippen LogP contribution in [0.1, 0.15) is 36.9 Å². The summed E-state index contributed by atoms with van der Waals surface area (Å²) in [6, 6.07) is 10.5. The summed E-state index contributed by atoms with van der Waals surface area (Å²) in [6.07, 6.45) is 9.28. The minimum atomic E-state index is -0.703. The zero-order chi connectivity index (χ0) is 17.6.